The lowest BCUT2D eigenvalue weighted by Gasteiger charge is -2.20. The van der Waals surface area contributed by atoms with Gasteiger partial charge in [-0.2, -0.15) is 17.9 Å². The zero-order valence-electron chi connectivity index (χ0n) is 22.0. The Kier molecular flexibility index (Phi) is 6.40. The van der Waals surface area contributed by atoms with Crippen molar-refractivity contribution in [2.24, 2.45) is 0 Å². The van der Waals surface area contributed by atoms with E-state index in [1.54, 1.807) is 26.2 Å². The molecule has 1 aromatic heterocycles. The molecular formula is C30H28F3N3O3. The fraction of sp³-hybridized carbons (Fsp3) is 0.267. The summed E-state index contributed by atoms with van der Waals surface area (Å²) in [7, 11) is 1.58. The van der Waals surface area contributed by atoms with Crippen molar-refractivity contribution in [3.05, 3.63) is 88.7 Å². The van der Waals surface area contributed by atoms with Gasteiger partial charge in [0.15, 0.2) is 11.5 Å². The van der Waals surface area contributed by atoms with Crippen LogP contribution in [0.3, 0.4) is 0 Å². The first-order chi connectivity index (χ1) is 18.5. The molecule has 1 aliphatic rings. The molecule has 202 valence electrons. The van der Waals surface area contributed by atoms with E-state index in [0.717, 1.165) is 22.3 Å². The molecule has 0 unspecified atom stereocenters. The third-order valence-corrected chi connectivity index (χ3v) is 7.42. The lowest BCUT2D eigenvalue weighted by Crippen LogP contribution is -2.28. The van der Waals surface area contributed by atoms with Gasteiger partial charge in [-0.05, 0) is 86.2 Å². The molecule has 0 bridgehead atoms. The summed E-state index contributed by atoms with van der Waals surface area (Å²) >= 11 is 0. The Bertz CT molecular complexity index is 1570. The van der Waals surface area contributed by atoms with Crippen LogP contribution in [0.1, 0.15) is 45.7 Å². The maximum atomic E-state index is 13.6. The van der Waals surface area contributed by atoms with Gasteiger partial charge in [-0.3, -0.25) is 4.79 Å². The van der Waals surface area contributed by atoms with Crippen LogP contribution in [0.25, 0.3) is 22.5 Å². The van der Waals surface area contributed by atoms with Crippen LogP contribution in [-0.4, -0.2) is 34.1 Å². The molecule has 0 atom stereocenters. The SMILES string of the molecule is COc1ccc(-c2nc(C)c(C(=O)Nc3cccc(C4(C(F)(F)F)CC4)c3)n2O)cc1-c1c(C)cccc1C. The van der Waals surface area contributed by atoms with Crippen molar-refractivity contribution < 1.29 is 27.9 Å². The van der Waals surface area contributed by atoms with Gasteiger partial charge >= 0.3 is 6.18 Å². The molecule has 0 saturated heterocycles. The number of aromatic nitrogens is 2. The van der Waals surface area contributed by atoms with Crippen molar-refractivity contribution >= 4 is 11.6 Å². The van der Waals surface area contributed by atoms with E-state index >= 15 is 0 Å². The first-order valence-corrected chi connectivity index (χ1v) is 12.5. The number of nitrogens with one attached hydrogen (secondary N) is 1. The number of methoxy groups -OCH3 is 1. The zero-order valence-corrected chi connectivity index (χ0v) is 22.0. The number of ether oxygens (including phenoxy) is 1. The van der Waals surface area contributed by atoms with Gasteiger partial charge in [0.05, 0.1) is 18.2 Å². The van der Waals surface area contributed by atoms with Gasteiger partial charge in [0.1, 0.15) is 5.75 Å². The van der Waals surface area contributed by atoms with Crippen LogP contribution in [0.15, 0.2) is 60.7 Å². The predicted octanol–water partition coefficient (Wildman–Crippen LogP) is 7.23. The molecule has 1 fully saturated rings. The number of hydrogen-bond donors (Lipinski definition) is 2. The number of imidazole rings is 1. The minimum Gasteiger partial charge on any atom is -0.496 e. The number of carbonyl (C=O) groups excluding carboxylic acids is 1. The van der Waals surface area contributed by atoms with Gasteiger partial charge in [-0.15, -0.1) is 0 Å². The maximum Gasteiger partial charge on any atom is 0.398 e. The van der Waals surface area contributed by atoms with Gasteiger partial charge < -0.3 is 15.3 Å². The van der Waals surface area contributed by atoms with Crippen LogP contribution in [0.4, 0.5) is 18.9 Å². The first-order valence-electron chi connectivity index (χ1n) is 12.5. The lowest BCUT2D eigenvalue weighted by molar-refractivity contribution is -0.160. The van der Waals surface area contributed by atoms with Crippen LogP contribution in [0.5, 0.6) is 5.75 Å². The highest BCUT2D eigenvalue weighted by Gasteiger charge is 2.64. The molecule has 1 saturated carbocycles. The number of carbonyl (C=O) groups is 1. The van der Waals surface area contributed by atoms with E-state index in [1.807, 2.05) is 38.1 Å². The van der Waals surface area contributed by atoms with Crippen molar-refractivity contribution in [1.29, 1.82) is 0 Å². The zero-order chi connectivity index (χ0) is 28.1. The van der Waals surface area contributed by atoms with Gasteiger partial charge in [-0.25, -0.2) is 4.98 Å². The van der Waals surface area contributed by atoms with E-state index in [4.69, 9.17) is 4.74 Å². The third kappa shape index (κ3) is 4.51. The molecule has 0 radical (unpaired) electrons. The molecule has 6 nitrogen and oxygen atoms in total. The summed E-state index contributed by atoms with van der Waals surface area (Å²) in [5.41, 5.74) is 3.07. The van der Waals surface area contributed by atoms with Crippen LogP contribution in [-0.2, 0) is 5.41 Å². The van der Waals surface area contributed by atoms with E-state index in [2.05, 4.69) is 10.3 Å². The van der Waals surface area contributed by atoms with Gasteiger partial charge in [0.2, 0.25) is 0 Å². The smallest absolute Gasteiger partial charge is 0.398 e. The second-order valence-corrected chi connectivity index (χ2v) is 9.98. The summed E-state index contributed by atoms with van der Waals surface area (Å²) in [5.74, 6) is 0.107. The molecule has 0 aliphatic heterocycles. The quantitative estimate of drug-likeness (QED) is 0.255. The Labute approximate surface area is 224 Å². The topological polar surface area (TPSA) is 76.4 Å². The number of alkyl halides is 3. The van der Waals surface area contributed by atoms with Crippen molar-refractivity contribution in [3.8, 4) is 28.3 Å². The number of nitrogens with zero attached hydrogens (tertiary/aromatic N) is 2. The minimum absolute atomic E-state index is 0.0195. The average Bonchev–Trinajstić information content (AvgIpc) is 3.65. The second-order valence-electron chi connectivity index (χ2n) is 9.98. The Morgan fingerprint density at radius 1 is 1.03 bits per heavy atom. The summed E-state index contributed by atoms with van der Waals surface area (Å²) in [6.45, 7) is 5.59. The number of aryl methyl sites for hydroxylation is 3. The largest absolute Gasteiger partial charge is 0.496 e. The lowest BCUT2D eigenvalue weighted by atomic mass is 9.93. The van der Waals surface area contributed by atoms with Gasteiger partial charge in [-0.1, -0.05) is 30.3 Å². The first kappa shape index (κ1) is 26.3. The number of hydrogen-bond acceptors (Lipinski definition) is 4. The summed E-state index contributed by atoms with van der Waals surface area (Å²) in [6.07, 6.45) is -4.32. The molecule has 3 aromatic carbocycles. The second kappa shape index (κ2) is 9.48. The van der Waals surface area contributed by atoms with E-state index in [0.29, 0.717) is 16.0 Å². The third-order valence-electron chi connectivity index (χ3n) is 7.42. The Morgan fingerprint density at radius 2 is 1.69 bits per heavy atom. The normalized spacial score (nSPS) is 14.2. The van der Waals surface area contributed by atoms with Crippen molar-refractivity contribution in [1.82, 2.24) is 9.71 Å². The predicted molar refractivity (Wildman–Crippen MR) is 142 cm³/mol. The van der Waals surface area contributed by atoms with Gasteiger partial charge in [0.25, 0.3) is 5.91 Å². The molecule has 39 heavy (non-hydrogen) atoms. The molecule has 1 amide bonds. The highest BCUT2D eigenvalue weighted by atomic mass is 19.4. The van der Waals surface area contributed by atoms with Crippen molar-refractivity contribution in [3.63, 3.8) is 0 Å². The Hall–Kier alpha value is -4.27. The molecule has 0 spiro atoms. The molecule has 4 aromatic rings. The van der Waals surface area contributed by atoms with Crippen molar-refractivity contribution in [2.45, 2.75) is 45.2 Å². The summed E-state index contributed by atoms with van der Waals surface area (Å²) in [6, 6.07) is 17.1. The summed E-state index contributed by atoms with van der Waals surface area (Å²) in [4.78, 5) is 17.6. The van der Waals surface area contributed by atoms with Crippen LogP contribution < -0.4 is 10.1 Å². The van der Waals surface area contributed by atoms with Crippen LogP contribution in [0.2, 0.25) is 0 Å². The molecule has 5 rings (SSSR count). The minimum atomic E-state index is -4.36. The van der Waals surface area contributed by atoms with Gasteiger partial charge in [0, 0.05) is 16.8 Å². The standard InChI is InChI=1S/C30H28F3N3O3/c1-17-7-5-8-18(2)25(17)23-15-20(11-12-24(23)39-4)27-34-19(3)26(36(27)38)28(37)35-22-10-6-9-21(16-22)29(13-14-29)30(31,32)33/h5-12,15-16,38H,13-14H2,1-4H3,(H,35,37). The number of anilines is 1. The Morgan fingerprint density at radius 3 is 2.31 bits per heavy atom. The Balaban J connectivity index is 1.48. The van der Waals surface area contributed by atoms with Crippen LogP contribution in [0, 0.1) is 20.8 Å². The van der Waals surface area contributed by atoms with E-state index in [9.17, 15) is 23.2 Å². The average molecular weight is 536 g/mol. The number of benzene rings is 3. The van der Waals surface area contributed by atoms with E-state index in [-0.39, 0.29) is 41.3 Å². The highest BCUT2D eigenvalue weighted by Crippen LogP contribution is 2.59. The monoisotopic (exact) mass is 535 g/mol. The molecule has 2 N–H and O–H groups in total. The summed E-state index contributed by atoms with van der Waals surface area (Å²) < 4.78 is 47.1. The highest BCUT2D eigenvalue weighted by molar-refractivity contribution is 6.04. The molecule has 1 aliphatic carbocycles. The number of amides is 1. The van der Waals surface area contributed by atoms with Crippen LogP contribution >= 0.6 is 0 Å². The number of halogens is 3. The van der Waals surface area contributed by atoms with E-state index in [1.165, 1.54) is 24.3 Å². The van der Waals surface area contributed by atoms with E-state index < -0.39 is 17.5 Å². The van der Waals surface area contributed by atoms with Crippen molar-refractivity contribution in [2.75, 3.05) is 12.4 Å². The fourth-order valence-electron chi connectivity index (χ4n) is 5.19. The molecular weight excluding hydrogens is 507 g/mol. The maximum absolute atomic E-state index is 13.6. The molecule has 1 heterocycles. The summed E-state index contributed by atoms with van der Waals surface area (Å²) in [5, 5.41) is 13.6. The fourth-order valence-corrected chi connectivity index (χ4v) is 5.19. The molecule has 9 heteroatoms. The number of rotatable bonds is 6.